The van der Waals surface area contributed by atoms with Crippen molar-refractivity contribution in [2.75, 3.05) is 73.5 Å². The summed E-state index contributed by atoms with van der Waals surface area (Å²) in [4.78, 5) is 62.3. The zero-order valence-corrected chi connectivity index (χ0v) is 34.5. The molecule has 4 N–H and O–H groups in total. The highest BCUT2D eigenvalue weighted by molar-refractivity contribution is 5.93. The van der Waals surface area contributed by atoms with Crippen molar-refractivity contribution >= 4 is 23.5 Å². The van der Waals surface area contributed by atoms with Gasteiger partial charge < -0.3 is 39.3 Å². The van der Waals surface area contributed by atoms with Crippen molar-refractivity contribution in [1.29, 1.82) is 0 Å². The molecule has 0 radical (unpaired) electrons. The Morgan fingerprint density at radius 2 is 1.35 bits per heavy atom. The fourth-order valence-electron chi connectivity index (χ4n) is 6.24. The van der Waals surface area contributed by atoms with Crippen molar-refractivity contribution in [2.24, 2.45) is 23.7 Å². The number of unbranched alkanes of at least 4 members (excludes halogenated alkanes) is 1. The van der Waals surface area contributed by atoms with E-state index in [0.717, 1.165) is 12.0 Å². The predicted molar refractivity (Wildman–Crippen MR) is 209 cm³/mol. The number of ether oxygens (including phenoxy) is 4. The highest BCUT2D eigenvalue weighted by Gasteiger charge is 2.35. The molecule has 0 saturated heterocycles. The van der Waals surface area contributed by atoms with Crippen LogP contribution in [0.1, 0.15) is 79.7 Å². The van der Waals surface area contributed by atoms with Crippen molar-refractivity contribution in [1.82, 2.24) is 20.4 Å². The number of likely N-dealkylation sites (N-methyl/N-ethyl adjacent to an activating group) is 1. The molecular formula is C40H71N5O9. The summed E-state index contributed by atoms with van der Waals surface area (Å²) in [7, 11) is 3.35. The Morgan fingerprint density at radius 1 is 0.759 bits per heavy atom. The van der Waals surface area contributed by atoms with E-state index in [1.807, 2.05) is 83.8 Å². The summed E-state index contributed by atoms with van der Waals surface area (Å²) < 4.78 is 22.3. The number of carbonyl (C=O) groups is 4. The molecule has 0 aliphatic heterocycles. The Bertz CT molecular complexity index is 1190. The van der Waals surface area contributed by atoms with Gasteiger partial charge in [-0.15, -0.1) is 0 Å². The van der Waals surface area contributed by atoms with Crippen LogP contribution < -0.4 is 16.5 Å². The van der Waals surface area contributed by atoms with Crippen LogP contribution >= 0.6 is 0 Å². The fraction of sp³-hybridized carbons (Fsp3) is 0.750. The van der Waals surface area contributed by atoms with E-state index in [4.69, 9.17) is 24.8 Å². The van der Waals surface area contributed by atoms with Crippen LogP contribution in [0.5, 0.6) is 0 Å². The van der Waals surface area contributed by atoms with E-state index >= 15 is 0 Å². The first-order chi connectivity index (χ1) is 25.8. The Kier molecular flexibility index (Phi) is 25.8. The molecule has 1 aromatic rings. The number of methoxy groups -OCH3 is 1. The first-order valence-corrected chi connectivity index (χ1v) is 19.5. The third kappa shape index (κ3) is 19.1. The number of nitrogens with one attached hydrogen (secondary N) is 2. The monoisotopic (exact) mass is 766 g/mol. The van der Waals surface area contributed by atoms with Gasteiger partial charge in [-0.1, -0.05) is 71.4 Å². The third-order valence-corrected chi connectivity index (χ3v) is 9.19. The summed E-state index contributed by atoms with van der Waals surface area (Å²) in [5.74, 6) is 3.12. The predicted octanol–water partition coefficient (Wildman–Crippen LogP) is 3.36. The van der Waals surface area contributed by atoms with Gasteiger partial charge in [0.15, 0.2) is 5.78 Å². The molecule has 0 aliphatic carbocycles. The number of carbonyl (C=O) groups excluding carboxylic acids is 4. The van der Waals surface area contributed by atoms with Crippen LogP contribution in [0.2, 0.25) is 0 Å². The lowest BCUT2D eigenvalue weighted by Crippen LogP contribution is -2.54. The van der Waals surface area contributed by atoms with Crippen LogP contribution in [0.4, 0.5) is 0 Å². The Morgan fingerprint density at radius 3 is 1.89 bits per heavy atom. The molecule has 54 heavy (non-hydrogen) atoms. The number of rotatable bonds is 31. The number of benzene rings is 1. The Labute approximate surface area is 324 Å². The smallest absolute Gasteiger partial charge is 0.238 e. The zero-order valence-electron chi connectivity index (χ0n) is 34.5. The molecule has 310 valence electrons. The number of hydrogen-bond donors (Lipinski definition) is 3. The highest BCUT2D eigenvalue weighted by Crippen LogP contribution is 2.19. The molecule has 14 nitrogen and oxygen atoms in total. The van der Waals surface area contributed by atoms with Crippen molar-refractivity contribution < 1.29 is 43.0 Å². The van der Waals surface area contributed by atoms with Gasteiger partial charge in [0.2, 0.25) is 17.7 Å². The third-order valence-electron chi connectivity index (χ3n) is 9.19. The normalized spacial score (nSPS) is 14.5. The van der Waals surface area contributed by atoms with Crippen molar-refractivity contribution in [2.45, 2.75) is 105 Å². The van der Waals surface area contributed by atoms with Gasteiger partial charge in [0.05, 0.1) is 64.2 Å². The molecule has 0 heterocycles. The Balaban J connectivity index is 2.78. The molecule has 0 aromatic heterocycles. The number of hydrogen-bond acceptors (Lipinski definition) is 11. The second-order valence-corrected chi connectivity index (χ2v) is 14.5. The number of Topliss-reactive ketones (excluding diaryl/α,β-unsaturated/α-hetero) is 1. The van der Waals surface area contributed by atoms with Gasteiger partial charge in [-0.3, -0.25) is 24.1 Å². The molecule has 0 fully saturated rings. The molecule has 0 bridgehead atoms. The molecule has 14 heteroatoms. The van der Waals surface area contributed by atoms with Gasteiger partial charge in [-0.25, -0.2) is 5.90 Å². The summed E-state index contributed by atoms with van der Waals surface area (Å²) in [5, 5.41) is 6.06. The van der Waals surface area contributed by atoms with Gasteiger partial charge in [-0.05, 0) is 51.1 Å². The molecule has 3 amide bonds. The average molecular weight is 766 g/mol. The maximum atomic E-state index is 13.7. The quantitative estimate of drug-likeness (QED) is 0.0576. The van der Waals surface area contributed by atoms with Crippen LogP contribution in [0, 0.1) is 17.8 Å². The minimum Gasteiger partial charge on any atom is -0.378 e. The van der Waals surface area contributed by atoms with Gasteiger partial charge in [0.25, 0.3) is 0 Å². The summed E-state index contributed by atoms with van der Waals surface area (Å²) in [6, 6.07) is 8.55. The summed E-state index contributed by atoms with van der Waals surface area (Å²) in [6.45, 7) is 17.1. The summed E-state index contributed by atoms with van der Waals surface area (Å²) >= 11 is 0. The van der Waals surface area contributed by atoms with Gasteiger partial charge >= 0.3 is 0 Å². The van der Waals surface area contributed by atoms with Crippen LogP contribution in [0.15, 0.2) is 30.3 Å². The molecule has 1 rings (SSSR count). The molecule has 5 atom stereocenters. The number of nitrogens with two attached hydrogens (primary N) is 1. The van der Waals surface area contributed by atoms with E-state index in [-0.39, 0.29) is 54.2 Å². The molecular weight excluding hydrogens is 694 g/mol. The number of amides is 3. The van der Waals surface area contributed by atoms with E-state index in [1.165, 1.54) is 7.11 Å². The lowest BCUT2D eigenvalue weighted by atomic mass is 9.94. The SMILES string of the molecule is CCCCN(C(=O)CCC(=O)[C@@H](NC(=O)C(C(C)C)N(C)CCOCCOCCOCCON)C(C)C)C(OC)C(C)C(=O)NC(C)Cc1ccccc1. The maximum absolute atomic E-state index is 13.7. The fourth-order valence-corrected chi connectivity index (χ4v) is 6.24. The molecule has 0 saturated carbocycles. The number of ketones is 1. The van der Waals surface area contributed by atoms with Crippen molar-refractivity contribution in [3.8, 4) is 0 Å². The van der Waals surface area contributed by atoms with Gasteiger partial charge in [0, 0.05) is 39.1 Å². The van der Waals surface area contributed by atoms with Gasteiger partial charge in [0.1, 0.15) is 6.23 Å². The average Bonchev–Trinajstić information content (AvgIpc) is 3.13. The second-order valence-electron chi connectivity index (χ2n) is 14.5. The highest BCUT2D eigenvalue weighted by atomic mass is 16.6. The number of nitrogens with zero attached hydrogens (tertiary/aromatic N) is 2. The van der Waals surface area contributed by atoms with Gasteiger partial charge in [-0.2, -0.15) is 0 Å². The second kappa shape index (κ2) is 28.4. The van der Waals surface area contributed by atoms with Crippen molar-refractivity contribution in [3.63, 3.8) is 0 Å². The van der Waals surface area contributed by atoms with Crippen LogP contribution in [-0.2, 0) is 49.4 Å². The lowest BCUT2D eigenvalue weighted by Gasteiger charge is -2.35. The van der Waals surface area contributed by atoms with E-state index in [0.29, 0.717) is 72.2 Å². The Hall–Kier alpha value is -2.98. The maximum Gasteiger partial charge on any atom is 0.238 e. The first-order valence-electron chi connectivity index (χ1n) is 19.5. The van der Waals surface area contributed by atoms with Crippen LogP contribution in [0.3, 0.4) is 0 Å². The van der Waals surface area contributed by atoms with E-state index < -0.39 is 24.2 Å². The van der Waals surface area contributed by atoms with E-state index in [2.05, 4.69) is 15.5 Å². The standard InChI is InChI=1S/C40H71N5O9/c1-10-11-19-45(40(50-9)32(7)38(48)42-31(6)28-33-15-13-12-14-16-33)35(47)18-17-34(46)36(29(2)3)43-39(49)37(30(4)5)44(8)20-21-51-22-23-52-24-25-53-26-27-54-41/h12-16,29-32,36-37,40H,10-11,17-28,41H2,1-9H3,(H,42,48)(H,43,49)/t31?,32?,36-,37?,40?/m0/s1. The van der Waals surface area contributed by atoms with Crippen LogP contribution in [0.25, 0.3) is 0 Å². The minimum atomic E-state index is -0.801. The zero-order chi connectivity index (χ0) is 40.5. The van der Waals surface area contributed by atoms with Crippen molar-refractivity contribution in [3.05, 3.63) is 35.9 Å². The van der Waals surface area contributed by atoms with E-state index in [9.17, 15) is 19.2 Å². The largest absolute Gasteiger partial charge is 0.378 e. The topological polar surface area (TPSA) is 171 Å². The lowest BCUT2D eigenvalue weighted by molar-refractivity contribution is -0.154. The minimum absolute atomic E-state index is 0.0360. The summed E-state index contributed by atoms with van der Waals surface area (Å²) in [6.07, 6.45) is 1.31. The van der Waals surface area contributed by atoms with E-state index in [1.54, 1.807) is 11.8 Å². The van der Waals surface area contributed by atoms with Crippen LogP contribution in [-0.4, -0.2) is 131 Å². The molecule has 0 spiro atoms. The summed E-state index contributed by atoms with van der Waals surface area (Å²) in [5.41, 5.74) is 1.12. The molecule has 1 aromatic carbocycles. The first kappa shape index (κ1) is 49.0. The molecule has 4 unspecified atom stereocenters. The molecule has 0 aliphatic rings.